The Hall–Kier alpha value is -3.15. The first-order valence-electron chi connectivity index (χ1n) is 8.27. The number of aromatic carboxylic acids is 1. The van der Waals surface area contributed by atoms with E-state index in [1.165, 1.54) is 12.1 Å². The lowest BCUT2D eigenvalue weighted by Gasteiger charge is -2.14. The van der Waals surface area contributed by atoms with Gasteiger partial charge in [0.05, 0.1) is 30.0 Å². The van der Waals surface area contributed by atoms with Gasteiger partial charge in [0.15, 0.2) is 11.5 Å². The Balaban J connectivity index is 2.30. The normalized spacial score (nSPS) is 10.7. The van der Waals surface area contributed by atoms with E-state index < -0.39 is 11.8 Å². The fraction of sp³-hybridized carbons (Fsp3) is 0.200. The Morgan fingerprint density at radius 1 is 1.08 bits per heavy atom. The van der Waals surface area contributed by atoms with Gasteiger partial charge >= 0.3 is 5.97 Å². The first-order chi connectivity index (χ1) is 12.5. The summed E-state index contributed by atoms with van der Waals surface area (Å²) in [6.45, 7) is 4.50. The van der Waals surface area contributed by atoms with Crippen molar-refractivity contribution in [3.8, 4) is 22.8 Å². The molecule has 2 aromatic carbocycles. The highest BCUT2D eigenvalue weighted by Crippen LogP contribution is 2.35. The number of nitrogens with zero attached hydrogens (tertiary/aromatic N) is 1. The van der Waals surface area contributed by atoms with Crippen molar-refractivity contribution in [3.63, 3.8) is 0 Å². The number of hydrogen-bond donors (Lipinski definition) is 1. The van der Waals surface area contributed by atoms with Gasteiger partial charge in [-0.15, -0.1) is 0 Å². The molecule has 0 aliphatic heterocycles. The van der Waals surface area contributed by atoms with Crippen molar-refractivity contribution >= 4 is 16.9 Å². The van der Waals surface area contributed by atoms with Crippen LogP contribution in [0.1, 0.15) is 24.2 Å². The zero-order chi connectivity index (χ0) is 18.7. The van der Waals surface area contributed by atoms with Crippen molar-refractivity contribution in [2.75, 3.05) is 13.2 Å². The topological polar surface area (TPSA) is 68.7 Å². The van der Waals surface area contributed by atoms with Crippen LogP contribution in [0.15, 0.2) is 42.5 Å². The zero-order valence-corrected chi connectivity index (χ0v) is 14.5. The molecule has 5 nitrogen and oxygen atoms in total. The summed E-state index contributed by atoms with van der Waals surface area (Å²) in [5.74, 6) is -0.672. The molecule has 1 aromatic heterocycles. The number of carboxylic acid groups (broad SMARTS) is 1. The molecule has 0 bridgehead atoms. The van der Waals surface area contributed by atoms with Gasteiger partial charge in [0.2, 0.25) is 0 Å². The average molecular weight is 355 g/mol. The summed E-state index contributed by atoms with van der Waals surface area (Å²) in [5, 5.41) is 10.0. The van der Waals surface area contributed by atoms with Gasteiger partial charge in [-0.25, -0.2) is 14.2 Å². The molecule has 0 aliphatic rings. The van der Waals surface area contributed by atoms with E-state index in [1.807, 2.05) is 13.8 Å². The van der Waals surface area contributed by atoms with E-state index in [0.717, 1.165) is 0 Å². The molecule has 0 fully saturated rings. The van der Waals surface area contributed by atoms with Crippen LogP contribution in [0, 0.1) is 5.82 Å². The molecule has 26 heavy (non-hydrogen) atoms. The average Bonchev–Trinajstić information content (AvgIpc) is 2.62. The fourth-order valence-corrected chi connectivity index (χ4v) is 2.75. The van der Waals surface area contributed by atoms with Gasteiger partial charge in [-0.2, -0.15) is 0 Å². The summed E-state index contributed by atoms with van der Waals surface area (Å²) < 4.78 is 25.3. The van der Waals surface area contributed by atoms with Gasteiger partial charge in [-0.3, -0.25) is 0 Å². The van der Waals surface area contributed by atoms with Crippen molar-refractivity contribution < 1.29 is 23.8 Å². The maximum absolute atomic E-state index is 14.1. The number of hydrogen-bond acceptors (Lipinski definition) is 4. The maximum Gasteiger partial charge on any atom is 0.336 e. The van der Waals surface area contributed by atoms with Crippen molar-refractivity contribution in [2.45, 2.75) is 13.8 Å². The number of benzene rings is 2. The quantitative estimate of drug-likeness (QED) is 0.703. The number of pyridine rings is 1. The summed E-state index contributed by atoms with van der Waals surface area (Å²) in [4.78, 5) is 16.2. The van der Waals surface area contributed by atoms with Crippen molar-refractivity contribution in [1.82, 2.24) is 4.98 Å². The third-order valence-corrected chi connectivity index (χ3v) is 3.85. The fourth-order valence-electron chi connectivity index (χ4n) is 2.75. The van der Waals surface area contributed by atoms with Crippen LogP contribution >= 0.6 is 0 Å². The summed E-state index contributed by atoms with van der Waals surface area (Å²) in [5.41, 5.74) is 0.913. The number of fused-ring (bicyclic) bond motifs is 1. The smallest absolute Gasteiger partial charge is 0.336 e. The molecular weight excluding hydrogens is 337 g/mol. The Kier molecular flexibility index (Phi) is 5.02. The summed E-state index contributed by atoms with van der Waals surface area (Å²) in [6.07, 6.45) is 0. The minimum atomic E-state index is -1.12. The van der Waals surface area contributed by atoms with Crippen molar-refractivity contribution in [2.24, 2.45) is 0 Å². The van der Waals surface area contributed by atoms with Gasteiger partial charge in [-0.1, -0.05) is 12.1 Å². The number of carboxylic acids is 1. The summed E-state index contributed by atoms with van der Waals surface area (Å²) >= 11 is 0. The molecular formula is C20H18FNO4. The number of rotatable bonds is 6. The van der Waals surface area contributed by atoms with Gasteiger partial charge in [0, 0.05) is 17.0 Å². The SMILES string of the molecule is CCOc1cc2nc(-c3ccccc3F)cc(C(=O)O)c2cc1OCC. The predicted molar refractivity (Wildman–Crippen MR) is 96.4 cm³/mol. The largest absolute Gasteiger partial charge is 0.490 e. The Bertz CT molecular complexity index is 971. The van der Waals surface area contributed by atoms with Crippen molar-refractivity contribution in [3.05, 3.63) is 53.8 Å². The lowest BCUT2D eigenvalue weighted by molar-refractivity contribution is 0.0699. The van der Waals surface area contributed by atoms with E-state index in [-0.39, 0.29) is 16.8 Å². The van der Waals surface area contributed by atoms with Gasteiger partial charge in [-0.05, 0) is 38.1 Å². The van der Waals surface area contributed by atoms with E-state index in [2.05, 4.69) is 4.98 Å². The molecule has 0 saturated carbocycles. The summed E-state index contributed by atoms with van der Waals surface area (Å²) in [7, 11) is 0. The number of halogens is 1. The zero-order valence-electron chi connectivity index (χ0n) is 14.5. The molecule has 0 aliphatic carbocycles. The number of aromatic nitrogens is 1. The highest BCUT2D eigenvalue weighted by molar-refractivity contribution is 6.04. The van der Waals surface area contributed by atoms with Crippen LogP contribution in [-0.4, -0.2) is 29.3 Å². The monoisotopic (exact) mass is 355 g/mol. The van der Waals surface area contributed by atoms with Crippen molar-refractivity contribution in [1.29, 1.82) is 0 Å². The highest BCUT2D eigenvalue weighted by Gasteiger charge is 2.18. The third-order valence-electron chi connectivity index (χ3n) is 3.85. The van der Waals surface area contributed by atoms with Gasteiger partial charge in [0.1, 0.15) is 5.82 Å². The standard InChI is InChI=1S/C20H18FNO4/c1-3-25-18-10-13-14(20(23)24)9-16(12-7-5-6-8-15(12)21)22-17(13)11-19(18)26-4-2/h5-11H,3-4H2,1-2H3,(H,23,24). The van der Waals surface area contributed by atoms with E-state index in [9.17, 15) is 14.3 Å². The minimum absolute atomic E-state index is 0.0252. The molecule has 1 heterocycles. The molecule has 0 atom stereocenters. The van der Waals surface area contributed by atoms with Crippen LogP contribution in [0.5, 0.6) is 11.5 Å². The molecule has 0 saturated heterocycles. The molecule has 0 unspecified atom stereocenters. The van der Waals surface area contributed by atoms with Crippen LogP contribution in [0.2, 0.25) is 0 Å². The second-order valence-electron chi connectivity index (χ2n) is 5.52. The Morgan fingerprint density at radius 2 is 1.73 bits per heavy atom. The molecule has 0 amide bonds. The second kappa shape index (κ2) is 7.39. The van der Waals surface area contributed by atoms with E-state index in [4.69, 9.17) is 9.47 Å². The van der Waals surface area contributed by atoms with E-state index in [0.29, 0.717) is 35.6 Å². The molecule has 0 spiro atoms. The minimum Gasteiger partial charge on any atom is -0.490 e. The second-order valence-corrected chi connectivity index (χ2v) is 5.52. The first-order valence-corrected chi connectivity index (χ1v) is 8.27. The van der Waals surface area contributed by atoms with Gasteiger partial charge in [0.25, 0.3) is 0 Å². The van der Waals surface area contributed by atoms with Crippen LogP contribution in [0.3, 0.4) is 0 Å². The van der Waals surface area contributed by atoms with Crippen LogP contribution in [0.25, 0.3) is 22.2 Å². The maximum atomic E-state index is 14.1. The molecule has 0 radical (unpaired) electrons. The van der Waals surface area contributed by atoms with Gasteiger partial charge < -0.3 is 14.6 Å². The molecule has 1 N–H and O–H groups in total. The van der Waals surface area contributed by atoms with Crippen LogP contribution in [0.4, 0.5) is 4.39 Å². The number of carbonyl (C=O) groups is 1. The third kappa shape index (κ3) is 3.31. The molecule has 3 rings (SSSR count). The Morgan fingerprint density at radius 3 is 2.35 bits per heavy atom. The molecule has 6 heteroatoms. The van der Waals surface area contributed by atoms with E-state index in [1.54, 1.807) is 30.3 Å². The number of ether oxygens (including phenoxy) is 2. The lowest BCUT2D eigenvalue weighted by atomic mass is 10.0. The van der Waals surface area contributed by atoms with Crippen LogP contribution < -0.4 is 9.47 Å². The molecule has 3 aromatic rings. The van der Waals surface area contributed by atoms with Crippen LogP contribution in [-0.2, 0) is 0 Å². The van der Waals surface area contributed by atoms with E-state index >= 15 is 0 Å². The Labute approximate surface area is 150 Å². The predicted octanol–water partition coefficient (Wildman–Crippen LogP) is 4.54. The first kappa shape index (κ1) is 17.7. The highest BCUT2D eigenvalue weighted by atomic mass is 19.1. The lowest BCUT2D eigenvalue weighted by Crippen LogP contribution is -2.03. The summed E-state index contributed by atoms with van der Waals surface area (Å²) in [6, 6.07) is 10.7. The molecule has 134 valence electrons.